The largest absolute Gasteiger partial charge is 0.305 e. The average molecular weight is 237 g/mol. The fraction of sp³-hybridized carbons (Fsp3) is 0.100. The molecule has 2 heterocycles. The molecule has 0 aliphatic rings. The number of aryl methyl sites for hydroxylation is 1. The second-order valence-electron chi connectivity index (χ2n) is 3.25. The Balaban J connectivity index is 2.18. The fourth-order valence-electron chi connectivity index (χ4n) is 1.23. The fourth-order valence-corrected chi connectivity index (χ4v) is 1.43. The van der Waals surface area contributed by atoms with E-state index in [4.69, 9.17) is 11.6 Å². The van der Waals surface area contributed by atoms with Crippen LogP contribution in [0.2, 0.25) is 5.02 Å². The predicted molar refractivity (Wildman–Crippen MR) is 60.5 cm³/mol. The highest BCUT2D eigenvalue weighted by Crippen LogP contribution is 2.15. The van der Waals surface area contributed by atoms with E-state index in [0.29, 0.717) is 16.4 Å². The Hall–Kier alpha value is -1.88. The van der Waals surface area contributed by atoms with E-state index in [1.165, 1.54) is 12.4 Å². The van der Waals surface area contributed by atoms with Crippen LogP contribution in [0.3, 0.4) is 0 Å². The summed E-state index contributed by atoms with van der Waals surface area (Å²) < 4.78 is 0. The lowest BCUT2D eigenvalue weighted by molar-refractivity contribution is 0.102. The first-order chi connectivity index (χ1) is 7.66. The maximum Gasteiger partial charge on any atom is 0.258 e. The summed E-state index contributed by atoms with van der Waals surface area (Å²) in [5.74, 6) is 0.161. The van der Waals surface area contributed by atoms with Gasteiger partial charge in [-0.2, -0.15) is 5.10 Å². The Morgan fingerprint density at radius 1 is 1.56 bits per heavy atom. The summed E-state index contributed by atoms with van der Waals surface area (Å²) in [4.78, 5) is 15.6. The van der Waals surface area contributed by atoms with Crippen LogP contribution in [0.5, 0.6) is 0 Å². The normalized spacial score (nSPS) is 10.1. The first kappa shape index (κ1) is 10.6. The average Bonchev–Trinajstić information content (AvgIpc) is 2.64. The molecule has 0 spiro atoms. The third kappa shape index (κ3) is 2.20. The van der Waals surface area contributed by atoms with Gasteiger partial charge in [0.15, 0.2) is 5.82 Å². The lowest BCUT2D eigenvalue weighted by Gasteiger charge is -2.02. The van der Waals surface area contributed by atoms with Crippen LogP contribution < -0.4 is 5.32 Å². The first-order valence-electron chi connectivity index (χ1n) is 4.59. The second kappa shape index (κ2) is 4.32. The Kier molecular flexibility index (Phi) is 2.87. The van der Waals surface area contributed by atoms with Gasteiger partial charge in [0.05, 0.1) is 10.6 Å². The molecule has 0 radical (unpaired) electrons. The molecule has 0 saturated carbocycles. The maximum absolute atomic E-state index is 11.8. The van der Waals surface area contributed by atoms with Crippen LogP contribution in [-0.4, -0.2) is 21.1 Å². The van der Waals surface area contributed by atoms with E-state index in [9.17, 15) is 4.79 Å². The number of carbonyl (C=O) groups is 1. The number of halogens is 1. The van der Waals surface area contributed by atoms with Gasteiger partial charge in [-0.25, -0.2) is 0 Å². The summed E-state index contributed by atoms with van der Waals surface area (Å²) in [5, 5.41) is 9.56. The Bertz CT molecular complexity index is 523. The molecule has 0 aromatic carbocycles. The summed E-state index contributed by atoms with van der Waals surface area (Å²) >= 11 is 5.84. The number of carbonyl (C=O) groups excluding carboxylic acids is 1. The van der Waals surface area contributed by atoms with Gasteiger partial charge in [-0.1, -0.05) is 11.6 Å². The van der Waals surface area contributed by atoms with Crippen LogP contribution >= 0.6 is 11.6 Å². The summed E-state index contributed by atoms with van der Waals surface area (Å²) in [7, 11) is 0. The molecule has 0 unspecified atom stereocenters. The van der Waals surface area contributed by atoms with Gasteiger partial charge in [0.25, 0.3) is 5.91 Å². The number of nitrogens with zero attached hydrogens (tertiary/aromatic N) is 2. The molecule has 5 nitrogen and oxygen atoms in total. The van der Waals surface area contributed by atoms with Gasteiger partial charge in [0.2, 0.25) is 0 Å². The Morgan fingerprint density at radius 3 is 3.00 bits per heavy atom. The number of hydrogen-bond donors (Lipinski definition) is 2. The lowest BCUT2D eigenvalue weighted by Crippen LogP contribution is -2.12. The molecular weight excluding hydrogens is 228 g/mol. The number of hydrogen-bond acceptors (Lipinski definition) is 3. The number of nitrogens with one attached hydrogen (secondary N) is 2. The molecule has 6 heteroatoms. The van der Waals surface area contributed by atoms with E-state index >= 15 is 0 Å². The van der Waals surface area contributed by atoms with Crippen LogP contribution in [0.1, 0.15) is 16.1 Å². The number of amides is 1. The molecule has 0 fully saturated rings. The molecule has 0 aliphatic heterocycles. The second-order valence-corrected chi connectivity index (χ2v) is 3.65. The van der Waals surface area contributed by atoms with Gasteiger partial charge in [0, 0.05) is 24.2 Å². The van der Waals surface area contributed by atoms with Crippen molar-refractivity contribution in [2.75, 3.05) is 5.32 Å². The van der Waals surface area contributed by atoms with Crippen molar-refractivity contribution in [3.05, 3.63) is 40.8 Å². The lowest BCUT2D eigenvalue weighted by atomic mass is 10.2. The molecule has 16 heavy (non-hydrogen) atoms. The molecule has 2 rings (SSSR count). The van der Waals surface area contributed by atoms with Crippen molar-refractivity contribution in [3.63, 3.8) is 0 Å². The third-order valence-electron chi connectivity index (χ3n) is 1.96. The minimum Gasteiger partial charge on any atom is -0.305 e. The van der Waals surface area contributed by atoms with Crippen LogP contribution in [0.4, 0.5) is 5.82 Å². The first-order valence-corrected chi connectivity index (χ1v) is 4.97. The van der Waals surface area contributed by atoms with Gasteiger partial charge < -0.3 is 5.32 Å². The molecule has 0 aliphatic carbocycles. The van der Waals surface area contributed by atoms with Gasteiger partial charge in [-0.05, 0) is 13.0 Å². The van der Waals surface area contributed by atoms with Crippen molar-refractivity contribution in [2.24, 2.45) is 0 Å². The van der Waals surface area contributed by atoms with Crippen LogP contribution in [0.15, 0.2) is 24.5 Å². The zero-order valence-corrected chi connectivity index (χ0v) is 9.25. The van der Waals surface area contributed by atoms with Crippen LogP contribution in [0.25, 0.3) is 0 Å². The number of aromatic amines is 1. The topological polar surface area (TPSA) is 70.7 Å². The molecule has 0 atom stereocenters. The predicted octanol–water partition coefficient (Wildman–Crippen LogP) is 2.02. The van der Waals surface area contributed by atoms with E-state index in [1.807, 2.05) is 6.92 Å². The number of rotatable bonds is 2. The molecule has 1 amide bonds. The number of pyridine rings is 1. The third-order valence-corrected chi connectivity index (χ3v) is 2.27. The Labute approximate surface area is 96.8 Å². The van der Waals surface area contributed by atoms with Crippen LogP contribution in [0, 0.1) is 6.92 Å². The van der Waals surface area contributed by atoms with E-state index in [-0.39, 0.29) is 5.91 Å². The molecule has 2 aromatic rings. The smallest absolute Gasteiger partial charge is 0.258 e. The summed E-state index contributed by atoms with van der Waals surface area (Å²) in [6, 6.07) is 3.28. The highest BCUT2D eigenvalue weighted by Gasteiger charge is 2.11. The number of H-pyrrole nitrogens is 1. The monoisotopic (exact) mass is 236 g/mol. The van der Waals surface area contributed by atoms with Crippen molar-refractivity contribution in [3.8, 4) is 0 Å². The molecule has 0 saturated heterocycles. The highest BCUT2D eigenvalue weighted by molar-refractivity contribution is 6.34. The number of aromatic nitrogens is 3. The summed E-state index contributed by atoms with van der Waals surface area (Å²) in [6.07, 6.45) is 2.93. The highest BCUT2D eigenvalue weighted by atomic mass is 35.5. The van der Waals surface area contributed by atoms with Gasteiger partial charge >= 0.3 is 0 Å². The zero-order chi connectivity index (χ0) is 11.5. The zero-order valence-electron chi connectivity index (χ0n) is 8.49. The van der Waals surface area contributed by atoms with Crippen LogP contribution in [-0.2, 0) is 0 Å². The van der Waals surface area contributed by atoms with Crippen molar-refractivity contribution in [2.45, 2.75) is 6.92 Å². The van der Waals surface area contributed by atoms with Crippen molar-refractivity contribution < 1.29 is 4.79 Å². The molecular formula is C10H9ClN4O. The molecule has 2 N–H and O–H groups in total. The van der Waals surface area contributed by atoms with Gasteiger partial charge in [-0.15, -0.1) is 0 Å². The maximum atomic E-state index is 11.8. The van der Waals surface area contributed by atoms with Gasteiger partial charge in [-0.3, -0.25) is 14.9 Å². The van der Waals surface area contributed by atoms with Crippen molar-refractivity contribution in [1.29, 1.82) is 0 Å². The van der Waals surface area contributed by atoms with Gasteiger partial charge in [0.1, 0.15) is 0 Å². The van der Waals surface area contributed by atoms with Crippen molar-refractivity contribution in [1.82, 2.24) is 15.2 Å². The molecule has 2 aromatic heterocycles. The standard InChI is InChI=1S/C10H9ClN4O/c1-6-4-9(15-14-6)13-10(16)7-2-3-12-5-8(7)11/h2-5H,1H3,(H2,13,14,15,16). The van der Waals surface area contributed by atoms with E-state index < -0.39 is 0 Å². The summed E-state index contributed by atoms with van der Waals surface area (Å²) in [6.45, 7) is 1.85. The quantitative estimate of drug-likeness (QED) is 0.838. The molecule has 82 valence electrons. The minimum atomic E-state index is -0.307. The van der Waals surface area contributed by atoms with E-state index in [0.717, 1.165) is 5.69 Å². The summed E-state index contributed by atoms with van der Waals surface area (Å²) in [5.41, 5.74) is 1.24. The van der Waals surface area contributed by atoms with Crippen molar-refractivity contribution >= 4 is 23.3 Å². The SMILES string of the molecule is Cc1cc(NC(=O)c2ccncc2Cl)n[nH]1. The van der Waals surface area contributed by atoms with E-state index in [1.54, 1.807) is 12.1 Å². The minimum absolute atomic E-state index is 0.307. The number of anilines is 1. The van der Waals surface area contributed by atoms with E-state index in [2.05, 4.69) is 20.5 Å². The molecule has 0 bridgehead atoms. The Morgan fingerprint density at radius 2 is 2.38 bits per heavy atom.